The fourth-order valence-corrected chi connectivity index (χ4v) is 5.72. The van der Waals surface area contributed by atoms with Gasteiger partial charge >= 0.3 is 6.09 Å². The molecular weight excluding hydrogens is 490 g/mol. The lowest BCUT2D eigenvalue weighted by Gasteiger charge is -2.40. The summed E-state index contributed by atoms with van der Waals surface area (Å²) in [7, 11) is 0. The third-order valence-electron chi connectivity index (χ3n) is 7.51. The standard InChI is InChI=1S/C29H29N3O4.ClH/c1-18-6-9-26-19(14-18)17-36-29(35)32(26)21-10-12-31(13-11-21)16-27(33)30-20-7-8-23-22-4-2-3-5-24(22)28(34)25(23)15-20;/h2-9,14-15,21,28,34H,10-13,16-17H2,1H3,(H,30,33);1H. The number of piperidine rings is 1. The average molecular weight is 520 g/mol. The molecule has 1 atom stereocenters. The van der Waals surface area contributed by atoms with Crippen molar-refractivity contribution in [2.24, 2.45) is 0 Å². The Kier molecular flexibility index (Phi) is 6.94. The van der Waals surface area contributed by atoms with Crippen molar-refractivity contribution in [3.05, 3.63) is 82.9 Å². The number of halogens is 1. The summed E-state index contributed by atoms with van der Waals surface area (Å²) in [6, 6.07) is 19.7. The molecule has 0 aromatic heterocycles. The maximum atomic E-state index is 12.8. The lowest BCUT2D eigenvalue weighted by Crippen LogP contribution is -2.50. The molecule has 6 rings (SSSR count). The Balaban J connectivity index is 0.00000280. The van der Waals surface area contributed by atoms with Crippen LogP contribution in [-0.4, -0.2) is 47.7 Å². The second kappa shape index (κ2) is 10.2. The van der Waals surface area contributed by atoms with Gasteiger partial charge in [0.2, 0.25) is 5.91 Å². The number of amides is 2. The van der Waals surface area contributed by atoms with Crippen molar-refractivity contribution in [1.29, 1.82) is 0 Å². The van der Waals surface area contributed by atoms with Crippen LogP contribution in [0.3, 0.4) is 0 Å². The van der Waals surface area contributed by atoms with E-state index >= 15 is 0 Å². The first kappa shape index (κ1) is 25.3. The Morgan fingerprint density at radius 3 is 2.59 bits per heavy atom. The van der Waals surface area contributed by atoms with Crippen molar-refractivity contribution in [2.45, 2.75) is 38.5 Å². The summed E-state index contributed by atoms with van der Waals surface area (Å²) in [4.78, 5) is 29.3. The molecule has 0 bridgehead atoms. The number of hydrogen-bond donors (Lipinski definition) is 2. The number of ether oxygens (including phenoxy) is 1. The van der Waals surface area contributed by atoms with E-state index in [1.807, 2.05) is 61.5 Å². The number of aryl methyl sites for hydroxylation is 1. The van der Waals surface area contributed by atoms with Gasteiger partial charge in [-0.1, -0.05) is 48.0 Å². The highest BCUT2D eigenvalue weighted by molar-refractivity contribution is 5.93. The first-order valence-electron chi connectivity index (χ1n) is 12.5. The largest absolute Gasteiger partial charge is 0.444 e. The van der Waals surface area contributed by atoms with Gasteiger partial charge < -0.3 is 15.2 Å². The van der Waals surface area contributed by atoms with Gasteiger partial charge in [0, 0.05) is 30.4 Å². The Hall–Kier alpha value is -3.39. The number of likely N-dealkylation sites (tertiary alicyclic amines) is 1. The van der Waals surface area contributed by atoms with E-state index < -0.39 is 6.10 Å². The molecule has 2 N–H and O–H groups in total. The maximum Gasteiger partial charge on any atom is 0.414 e. The topological polar surface area (TPSA) is 82.1 Å². The summed E-state index contributed by atoms with van der Waals surface area (Å²) >= 11 is 0. The number of aliphatic hydroxyl groups is 1. The number of anilines is 2. The van der Waals surface area contributed by atoms with Crippen molar-refractivity contribution in [3.63, 3.8) is 0 Å². The van der Waals surface area contributed by atoms with Gasteiger partial charge in [-0.25, -0.2) is 4.79 Å². The highest BCUT2D eigenvalue weighted by Gasteiger charge is 2.34. The van der Waals surface area contributed by atoms with Gasteiger partial charge in [-0.3, -0.25) is 14.6 Å². The minimum atomic E-state index is -0.678. The SMILES string of the molecule is Cc1ccc2c(c1)COC(=O)N2C1CCN(CC(=O)Nc2ccc3c(c2)C(O)c2ccccc2-3)CC1.Cl. The second-order valence-electron chi connectivity index (χ2n) is 9.90. The van der Waals surface area contributed by atoms with Crippen LogP contribution in [0, 0.1) is 6.92 Å². The molecule has 0 spiro atoms. The van der Waals surface area contributed by atoms with Crippen LogP contribution in [0.5, 0.6) is 0 Å². The predicted molar refractivity (Wildman–Crippen MR) is 145 cm³/mol. The fourth-order valence-electron chi connectivity index (χ4n) is 5.72. The van der Waals surface area contributed by atoms with Crippen LogP contribution in [0.2, 0.25) is 0 Å². The Labute approximate surface area is 222 Å². The van der Waals surface area contributed by atoms with E-state index in [4.69, 9.17) is 4.74 Å². The quantitative estimate of drug-likeness (QED) is 0.505. The first-order valence-corrected chi connectivity index (χ1v) is 12.5. The molecule has 0 saturated carbocycles. The Morgan fingerprint density at radius 2 is 1.78 bits per heavy atom. The number of rotatable bonds is 4. The maximum absolute atomic E-state index is 12.8. The molecule has 3 aromatic rings. The highest BCUT2D eigenvalue weighted by Crippen LogP contribution is 2.44. The van der Waals surface area contributed by atoms with E-state index in [0.717, 1.165) is 65.0 Å². The average Bonchev–Trinajstić information content (AvgIpc) is 3.16. The summed E-state index contributed by atoms with van der Waals surface area (Å²) in [5.74, 6) is -0.0865. The van der Waals surface area contributed by atoms with Crippen LogP contribution >= 0.6 is 12.4 Å². The minimum Gasteiger partial charge on any atom is -0.444 e. The minimum absolute atomic E-state index is 0. The van der Waals surface area contributed by atoms with Gasteiger partial charge in [0.25, 0.3) is 0 Å². The monoisotopic (exact) mass is 519 g/mol. The van der Waals surface area contributed by atoms with E-state index in [1.54, 1.807) is 4.90 Å². The van der Waals surface area contributed by atoms with Crippen molar-refractivity contribution in [2.75, 3.05) is 29.9 Å². The van der Waals surface area contributed by atoms with Crippen molar-refractivity contribution in [3.8, 4) is 11.1 Å². The molecule has 3 aromatic carbocycles. The van der Waals surface area contributed by atoms with E-state index in [9.17, 15) is 14.7 Å². The highest BCUT2D eigenvalue weighted by atomic mass is 35.5. The zero-order valence-electron chi connectivity index (χ0n) is 20.6. The van der Waals surface area contributed by atoms with Crippen LogP contribution in [0.1, 0.15) is 41.2 Å². The van der Waals surface area contributed by atoms with Crippen molar-refractivity contribution >= 4 is 35.8 Å². The number of benzene rings is 3. The molecule has 1 aliphatic carbocycles. The molecule has 2 heterocycles. The van der Waals surface area contributed by atoms with Gasteiger partial charge in [-0.15, -0.1) is 12.4 Å². The third kappa shape index (κ3) is 4.70. The van der Waals surface area contributed by atoms with Crippen molar-refractivity contribution < 1.29 is 19.4 Å². The van der Waals surface area contributed by atoms with Gasteiger partial charge in [-0.05, 0) is 60.2 Å². The van der Waals surface area contributed by atoms with Gasteiger partial charge in [0.05, 0.1) is 12.2 Å². The van der Waals surface area contributed by atoms with E-state index in [2.05, 4.69) is 16.3 Å². The number of carbonyl (C=O) groups excluding carboxylic acids is 2. The fraction of sp³-hybridized carbons (Fsp3) is 0.310. The lowest BCUT2D eigenvalue weighted by atomic mass is 10.00. The summed E-state index contributed by atoms with van der Waals surface area (Å²) in [6.07, 6.45) is 0.587. The number of fused-ring (bicyclic) bond motifs is 4. The zero-order valence-corrected chi connectivity index (χ0v) is 21.5. The molecule has 1 fully saturated rings. The van der Waals surface area contributed by atoms with Crippen LogP contribution < -0.4 is 10.2 Å². The Morgan fingerprint density at radius 1 is 1.03 bits per heavy atom. The molecule has 0 radical (unpaired) electrons. The summed E-state index contributed by atoms with van der Waals surface area (Å²) in [6.45, 7) is 4.08. The van der Waals surface area contributed by atoms with Crippen LogP contribution in [0.15, 0.2) is 60.7 Å². The first-order chi connectivity index (χ1) is 17.5. The van der Waals surface area contributed by atoms with Crippen LogP contribution in [0.25, 0.3) is 11.1 Å². The molecule has 1 unspecified atom stereocenters. The Bertz CT molecular complexity index is 1350. The molecule has 7 nitrogen and oxygen atoms in total. The van der Waals surface area contributed by atoms with Crippen molar-refractivity contribution in [1.82, 2.24) is 4.90 Å². The molecule has 3 aliphatic rings. The molecule has 2 amide bonds. The number of nitrogens with zero attached hydrogens (tertiary/aromatic N) is 2. The molecular formula is C29H30ClN3O4. The summed E-state index contributed by atoms with van der Waals surface area (Å²) in [5, 5.41) is 13.7. The smallest absolute Gasteiger partial charge is 0.414 e. The predicted octanol–water partition coefficient (Wildman–Crippen LogP) is 5.04. The number of nitrogens with one attached hydrogen (secondary N) is 1. The molecule has 2 aliphatic heterocycles. The van der Waals surface area contributed by atoms with Gasteiger partial charge in [-0.2, -0.15) is 0 Å². The van der Waals surface area contributed by atoms with Crippen LogP contribution in [0.4, 0.5) is 16.2 Å². The second-order valence-corrected chi connectivity index (χ2v) is 9.90. The molecule has 1 saturated heterocycles. The number of aliphatic hydroxyl groups excluding tert-OH is 1. The number of carbonyl (C=O) groups is 2. The van der Waals surface area contributed by atoms with Gasteiger partial charge in [0.15, 0.2) is 0 Å². The molecule has 192 valence electrons. The van der Waals surface area contributed by atoms with E-state index in [1.165, 1.54) is 0 Å². The summed E-state index contributed by atoms with van der Waals surface area (Å²) in [5.41, 5.74) is 7.57. The zero-order chi connectivity index (χ0) is 24.8. The van der Waals surface area contributed by atoms with E-state index in [0.29, 0.717) is 12.3 Å². The number of cyclic esters (lactones) is 1. The molecule has 8 heteroatoms. The summed E-state index contributed by atoms with van der Waals surface area (Å²) < 4.78 is 5.43. The van der Waals surface area contributed by atoms with Crippen LogP contribution in [-0.2, 0) is 16.1 Å². The molecule has 37 heavy (non-hydrogen) atoms. The third-order valence-corrected chi connectivity index (χ3v) is 7.51. The van der Waals surface area contributed by atoms with Gasteiger partial charge in [0.1, 0.15) is 12.7 Å². The lowest BCUT2D eigenvalue weighted by molar-refractivity contribution is -0.117. The van der Waals surface area contributed by atoms with E-state index in [-0.39, 0.29) is 37.0 Å². The normalized spacial score (nSPS) is 18.8. The number of hydrogen-bond acceptors (Lipinski definition) is 5.